The van der Waals surface area contributed by atoms with E-state index in [1.54, 1.807) is 0 Å². The Hall–Kier alpha value is 0.620. The van der Waals surface area contributed by atoms with E-state index in [4.69, 9.17) is 5.73 Å². The predicted octanol–water partition coefficient (Wildman–Crippen LogP) is 2.28. The van der Waals surface area contributed by atoms with Gasteiger partial charge in [-0.1, -0.05) is 13.8 Å². The molecule has 2 atom stereocenters. The molecule has 0 aromatic heterocycles. The largest absolute Gasteiger partial charge is 0.329 e. The average molecular weight is 274 g/mol. The lowest BCUT2D eigenvalue weighted by Crippen LogP contribution is -2.47. The predicted molar refractivity (Wildman–Crippen MR) is 81.0 cm³/mol. The second-order valence-electron chi connectivity index (χ2n) is 5.82. The molecule has 0 amide bonds. The maximum atomic E-state index is 6.04. The fraction of sp³-hybridized carbons (Fsp3) is 1.00. The van der Waals surface area contributed by atoms with E-state index in [1.165, 1.54) is 43.2 Å². The molecule has 2 fully saturated rings. The molecule has 100 valence electrons. The molecule has 4 heteroatoms. The normalized spacial score (nSPS) is 32.3. The molecule has 17 heavy (non-hydrogen) atoms. The molecule has 2 heterocycles. The van der Waals surface area contributed by atoms with Crippen molar-refractivity contribution in [2.24, 2.45) is 11.7 Å². The molecule has 0 saturated carbocycles. The summed E-state index contributed by atoms with van der Waals surface area (Å²) in [6.07, 6.45) is 2.67. The lowest BCUT2D eigenvalue weighted by molar-refractivity contribution is 0.162. The van der Waals surface area contributed by atoms with Crippen molar-refractivity contribution in [3.8, 4) is 0 Å². The molecule has 0 aromatic carbocycles. The Morgan fingerprint density at radius 1 is 1.35 bits per heavy atom. The average Bonchev–Trinajstić information content (AvgIpc) is 2.73. The standard InChI is InChI=1S/C13H26N2S2/c1-13(2)4-5-15(6-8-17-13)12(9-14)11-3-7-16-10-11/h11-12H,3-10,14H2,1-2H3. The topological polar surface area (TPSA) is 29.3 Å². The number of nitrogens with two attached hydrogens (primary N) is 1. The number of rotatable bonds is 3. The fourth-order valence-corrected chi connectivity index (χ4v) is 5.31. The van der Waals surface area contributed by atoms with Gasteiger partial charge in [-0.25, -0.2) is 0 Å². The first-order valence-electron chi connectivity index (χ1n) is 6.78. The third-order valence-corrected chi connectivity index (χ3v) is 6.65. The highest BCUT2D eigenvalue weighted by molar-refractivity contribution is 8.00. The molecule has 0 aromatic rings. The Morgan fingerprint density at radius 3 is 2.82 bits per heavy atom. The van der Waals surface area contributed by atoms with Gasteiger partial charge in [0.1, 0.15) is 0 Å². The third-order valence-electron chi connectivity index (χ3n) is 4.09. The van der Waals surface area contributed by atoms with Gasteiger partial charge in [0.05, 0.1) is 0 Å². The molecule has 0 aliphatic carbocycles. The molecule has 2 saturated heterocycles. The van der Waals surface area contributed by atoms with Crippen molar-refractivity contribution in [3.05, 3.63) is 0 Å². The van der Waals surface area contributed by atoms with Crippen LogP contribution in [0, 0.1) is 5.92 Å². The first-order chi connectivity index (χ1) is 8.12. The van der Waals surface area contributed by atoms with E-state index in [-0.39, 0.29) is 0 Å². The molecule has 2 aliphatic heterocycles. The quantitative estimate of drug-likeness (QED) is 0.855. The Labute approximate surface area is 114 Å². The van der Waals surface area contributed by atoms with Crippen LogP contribution in [0.4, 0.5) is 0 Å². The SMILES string of the molecule is CC1(C)CCN(C(CN)C2CCSC2)CCS1. The summed E-state index contributed by atoms with van der Waals surface area (Å²) in [6.45, 7) is 8.07. The van der Waals surface area contributed by atoms with Crippen LogP contribution in [0.5, 0.6) is 0 Å². The van der Waals surface area contributed by atoms with Gasteiger partial charge in [0.15, 0.2) is 0 Å². The van der Waals surface area contributed by atoms with Gasteiger partial charge in [0.25, 0.3) is 0 Å². The number of thioether (sulfide) groups is 2. The van der Waals surface area contributed by atoms with Crippen LogP contribution in [0.3, 0.4) is 0 Å². The van der Waals surface area contributed by atoms with Gasteiger partial charge in [-0.3, -0.25) is 4.90 Å². The second kappa shape index (κ2) is 6.18. The zero-order chi connectivity index (χ0) is 12.3. The van der Waals surface area contributed by atoms with E-state index in [9.17, 15) is 0 Å². The molecular formula is C13H26N2S2. The van der Waals surface area contributed by atoms with Crippen LogP contribution >= 0.6 is 23.5 Å². The maximum Gasteiger partial charge on any atom is 0.0255 e. The van der Waals surface area contributed by atoms with Crippen molar-refractivity contribution in [1.29, 1.82) is 0 Å². The highest BCUT2D eigenvalue weighted by Gasteiger charge is 2.32. The molecular weight excluding hydrogens is 248 g/mol. The minimum atomic E-state index is 0.457. The van der Waals surface area contributed by atoms with Gasteiger partial charge in [0, 0.05) is 29.6 Å². The summed E-state index contributed by atoms with van der Waals surface area (Å²) in [6, 6.07) is 0.638. The lowest BCUT2D eigenvalue weighted by atomic mass is 9.97. The van der Waals surface area contributed by atoms with E-state index in [0.29, 0.717) is 10.8 Å². The molecule has 2 N–H and O–H groups in total. The molecule has 2 nitrogen and oxygen atoms in total. The van der Waals surface area contributed by atoms with Crippen LogP contribution in [-0.2, 0) is 0 Å². The fourth-order valence-electron chi connectivity index (χ4n) is 2.86. The molecule has 0 spiro atoms. The Kier molecular flexibility index (Phi) is 5.10. The molecule has 2 rings (SSSR count). The van der Waals surface area contributed by atoms with Crippen LogP contribution in [0.15, 0.2) is 0 Å². The highest BCUT2D eigenvalue weighted by atomic mass is 32.2. The van der Waals surface area contributed by atoms with Crippen LogP contribution in [-0.4, -0.2) is 52.6 Å². The van der Waals surface area contributed by atoms with Gasteiger partial charge in [-0.2, -0.15) is 23.5 Å². The Bertz CT molecular complexity index is 240. The number of nitrogens with zero attached hydrogens (tertiary/aromatic N) is 1. The van der Waals surface area contributed by atoms with E-state index in [0.717, 1.165) is 12.5 Å². The number of hydrogen-bond acceptors (Lipinski definition) is 4. The number of hydrogen-bond donors (Lipinski definition) is 1. The van der Waals surface area contributed by atoms with Gasteiger partial charge < -0.3 is 5.73 Å². The minimum absolute atomic E-state index is 0.457. The van der Waals surface area contributed by atoms with Gasteiger partial charge in [-0.05, 0) is 36.8 Å². The van der Waals surface area contributed by atoms with E-state index >= 15 is 0 Å². The first kappa shape index (κ1) is 14.0. The summed E-state index contributed by atoms with van der Waals surface area (Å²) in [5.41, 5.74) is 6.04. The monoisotopic (exact) mass is 274 g/mol. The summed E-state index contributed by atoms with van der Waals surface area (Å²) in [5, 5.41) is 0. The first-order valence-corrected chi connectivity index (χ1v) is 8.92. The van der Waals surface area contributed by atoms with Crippen molar-refractivity contribution in [2.75, 3.05) is 36.9 Å². The Balaban J connectivity index is 1.94. The van der Waals surface area contributed by atoms with Crippen LogP contribution < -0.4 is 5.73 Å². The molecule has 2 aliphatic rings. The summed E-state index contributed by atoms with van der Waals surface area (Å²) in [7, 11) is 0. The maximum absolute atomic E-state index is 6.04. The van der Waals surface area contributed by atoms with Crippen molar-refractivity contribution in [2.45, 2.75) is 37.5 Å². The minimum Gasteiger partial charge on any atom is -0.329 e. The Morgan fingerprint density at radius 2 is 2.18 bits per heavy atom. The van der Waals surface area contributed by atoms with E-state index in [1.807, 2.05) is 0 Å². The van der Waals surface area contributed by atoms with E-state index < -0.39 is 0 Å². The zero-order valence-corrected chi connectivity index (χ0v) is 12.8. The van der Waals surface area contributed by atoms with Crippen molar-refractivity contribution >= 4 is 23.5 Å². The third kappa shape index (κ3) is 3.79. The molecule has 0 bridgehead atoms. The molecule has 2 unspecified atom stereocenters. The smallest absolute Gasteiger partial charge is 0.0255 e. The summed E-state index contributed by atoms with van der Waals surface area (Å²) in [5.74, 6) is 4.78. The van der Waals surface area contributed by atoms with Gasteiger partial charge in [0.2, 0.25) is 0 Å². The van der Waals surface area contributed by atoms with E-state index in [2.05, 4.69) is 42.3 Å². The summed E-state index contributed by atoms with van der Waals surface area (Å²) in [4.78, 5) is 2.68. The molecule has 0 radical (unpaired) electrons. The van der Waals surface area contributed by atoms with Crippen molar-refractivity contribution in [3.63, 3.8) is 0 Å². The van der Waals surface area contributed by atoms with Crippen LogP contribution in [0.2, 0.25) is 0 Å². The lowest BCUT2D eigenvalue weighted by Gasteiger charge is -2.34. The zero-order valence-electron chi connectivity index (χ0n) is 11.2. The highest BCUT2D eigenvalue weighted by Crippen LogP contribution is 2.34. The second-order valence-corrected chi connectivity index (χ2v) is 8.77. The van der Waals surface area contributed by atoms with Gasteiger partial charge in [-0.15, -0.1) is 0 Å². The van der Waals surface area contributed by atoms with Gasteiger partial charge >= 0.3 is 0 Å². The van der Waals surface area contributed by atoms with Crippen LogP contribution in [0.1, 0.15) is 26.7 Å². The summed E-state index contributed by atoms with van der Waals surface area (Å²) < 4.78 is 0.457. The van der Waals surface area contributed by atoms with Crippen molar-refractivity contribution in [1.82, 2.24) is 4.90 Å². The summed E-state index contributed by atoms with van der Waals surface area (Å²) >= 11 is 4.24. The van der Waals surface area contributed by atoms with Crippen LogP contribution in [0.25, 0.3) is 0 Å². The van der Waals surface area contributed by atoms with Crippen molar-refractivity contribution < 1.29 is 0 Å².